The van der Waals surface area contributed by atoms with E-state index in [1.54, 1.807) is 0 Å². The van der Waals surface area contributed by atoms with Gasteiger partial charge in [0.25, 0.3) is 0 Å². The van der Waals surface area contributed by atoms with Crippen molar-refractivity contribution in [3.8, 4) is 0 Å². The Kier molecular flexibility index (Phi) is 5.21. The smallest absolute Gasteiger partial charge is 0.130 e. The average Bonchev–Trinajstić information content (AvgIpc) is 2.88. The fourth-order valence-electron chi connectivity index (χ4n) is 2.48. The van der Waals surface area contributed by atoms with Crippen LogP contribution in [0.15, 0.2) is 30.6 Å². The Morgan fingerprint density at radius 1 is 1.35 bits per heavy atom. The van der Waals surface area contributed by atoms with Gasteiger partial charge in [-0.3, -0.25) is 0 Å². The molecule has 0 bridgehead atoms. The van der Waals surface area contributed by atoms with E-state index in [9.17, 15) is 0 Å². The van der Waals surface area contributed by atoms with Crippen LogP contribution in [-0.4, -0.2) is 16.1 Å². The first-order chi connectivity index (χ1) is 9.67. The summed E-state index contributed by atoms with van der Waals surface area (Å²) in [6.07, 6.45) is 5.01. The van der Waals surface area contributed by atoms with Gasteiger partial charge in [-0.1, -0.05) is 31.5 Å². The number of benzene rings is 1. The molecule has 0 aliphatic rings. The topological polar surface area (TPSA) is 29.9 Å². The van der Waals surface area contributed by atoms with E-state index in [4.69, 9.17) is 11.6 Å². The van der Waals surface area contributed by atoms with Gasteiger partial charge in [0.15, 0.2) is 0 Å². The third-order valence-electron chi connectivity index (χ3n) is 3.43. The Labute approximate surface area is 126 Å². The van der Waals surface area contributed by atoms with E-state index in [-0.39, 0.29) is 6.04 Å². The first kappa shape index (κ1) is 15.1. The predicted molar refractivity (Wildman–Crippen MR) is 84.2 cm³/mol. The number of halogens is 1. The molecule has 108 valence electrons. The van der Waals surface area contributed by atoms with Gasteiger partial charge >= 0.3 is 0 Å². The molecule has 1 aromatic carbocycles. The highest BCUT2D eigenvalue weighted by Gasteiger charge is 2.20. The van der Waals surface area contributed by atoms with Crippen LogP contribution < -0.4 is 5.32 Å². The molecule has 0 aliphatic carbocycles. The summed E-state index contributed by atoms with van der Waals surface area (Å²) in [7, 11) is 0. The van der Waals surface area contributed by atoms with Crippen molar-refractivity contribution >= 4 is 11.6 Å². The highest BCUT2D eigenvalue weighted by molar-refractivity contribution is 6.30. The molecule has 20 heavy (non-hydrogen) atoms. The number of rotatable bonds is 6. The second-order valence-electron chi connectivity index (χ2n) is 4.97. The van der Waals surface area contributed by atoms with E-state index < -0.39 is 0 Å². The Morgan fingerprint density at radius 3 is 2.85 bits per heavy atom. The molecule has 1 unspecified atom stereocenters. The standard InChI is InChI=1S/C16H22ClN3/c1-4-9-20-10-8-19-16(20)15(18-5-2)14-11-13(17)7-6-12(14)3/h6-8,10-11,15,18H,4-5,9H2,1-3H3. The van der Waals surface area contributed by atoms with E-state index in [0.717, 1.165) is 30.4 Å². The number of nitrogens with one attached hydrogen (secondary N) is 1. The second-order valence-corrected chi connectivity index (χ2v) is 5.41. The van der Waals surface area contributed by atoms with Crippen molar-refractivity contribution < 1.29 is 0 Å². The van der Waals surface area contributed by atoms with Gasteiger partial charge in [-0.15, -0.1) is 0 Å². The van der Waals surface area contributed by atoms with Gasteiger partial charge in [-0.25, -0.2) is 4.98 Å². The summed E-state index contributed by atoms with van der Waals surface area (Å²) in [5.41, 5.74) is 2.43. The first-order valence-electron chi connectivity index (χ1n) is 7.17. The van der Waals surface area contributed by atoms with Crippen LogP contribution in [0.25, 0.3) is 0 Å². The van der Waals surface area contributed by atoms with E-state index in [0.29, 0.717) is 0 Å². The normalized spacial score (nSPS) is 12.6. The molecule has 2 aromatic rings. The zero-order valence-corrected chi connectivity index (χ0v) is 13.1. The van der Waals surface area contributed by atoms with Crippen molar-refractivity contribution in [1.29, 1.82) is 0 Å². The van der Waals surface area contributed by atoms with Crippen molar-refractivity contribution in [2.24, 2.45) is 0 Å². The van der Waals surface area contributed by atoms with Crippen LogP contribution in [0.4, 0.5) is 0 Å². The summed E-state index contributed by atoms with van der Waals surface area (Å²) in [4.78, 5) is 4.56. The highest BCUT2D eigenvalue weighted by atomic mass is 35.5. The second kappa shape index (κ2) is 6.91. The third-order valence-corrected chi connectivity index (χ3v) is 3.67. The molecule has 1 aromatic heterocycles. The molecule has 2 rings (SSSR count). The molecule has 0 radical (unpaired) electrons. The van der Waals surface area contributed by atoms with Gasteiger partial charge in [0.1, 0.15) is 5.82 Å². The van der Waals surface area contributed by atoms with Crippen LogP contribution in [0, 0.1) is 6.92 Å². The van der Waals surface area contributed by atoms with Crippen LogP contribution in [0.3, 0.4) is 0 Å². The number of hydrogen-bond donors (Lipinski definition) is 1. The summed E-state index contributed by atoms with van der Waals surface area (Å²) in [5.74, 6) is 1.05. The summed E-state index contributed by atoms with van der Waals surface area (Å²) >= 11 is 6.17. The van der Waals surface area contributed by atoms with Crippen LogP contribution >= 0.6 is 11.6 Å². The summed E-state index contributed by atoms with van der Waals surface area (Å²) < 4.78 is 2.22. The molecule has 1 heterocycles. The van der Waals surface area contributed by atoms with Crippen molar-refractivity contribution in [3.63, 3.8) is 0 Å². The van der Waals surface area contributed by atoms with Gasteiger partial charge in [0.2, 0.25) is 0 Å². The minimum Gasteiger partial charge on any atom is -0.333 e. The molecule has 3 nitrogen and oxygen atoms in total. The highest BCUT2D eigenvalue weighted by Crippen LogP contribution is 2.26. The lowest BCUT2D eigenvalue weighted by atomic mass is 10.0. The van der Waals surface area contributed by atoms with Gasteiger partial charge in [0.05, 0.1) is 6.04 Å². The van der Waals surface area contributed by atoms with Gasteiger partial charge in [-0.2, -0.15) is 0 Å². The summed E-state index contributed by atoms with van der Waals surface area (Å²) in [5, 5.41) is 4.29. The van der Waals surface area contributed by atoms with Crippen LogP contribution in [0.2, 0.25) is 5.02 Å². The minimum atomic E-state index is 0.0836. The number of imidazole rings is 1. The maximum atomic E-state index is 6.17. The quantitative estimate of drug-likeness (QED) is 0.873. The first-order valence-corrected chi connectivity index (χ1v) is 7.55. The fraction of sp³-hybridized carbons (Fsp3) is 0.438. The minimum absolute atomic E-state index is 0.0836. The van der Waals surface area contributed by atoms with E-state index in [2.05, 4.69) is 41.7 Å². The van der Waals surface area contributed by atoms with Gasteiger partial charge in [0, 0.05) is 24.0 Å². The number of aromatic nitrogens is 2. The molecule has 1 N–H and O–H groups in total. The molecule has 0 fully saturated rings. The number of aryl methyl sites for hydroxylation is 2. The van der Waals surface area contributed by atoms with E-state index >= 15 is 0 Å². The lowest BCUT2D eigenvalue weighted by Crippen LogP contribution is -2.26. The van der Waals surface area contributed by atoms with Crippen molar-refractivity contribution in [3.05, 3.63) is 52.6 Å². The zero-order chi connectivity index (χ0) is 14.5. The Hall–Kier alpha value is -1.32. The average molecular weight is 292 g/mol. The SMILES string of the molecule is CCCn1ccnc1C(NCC)c1cc(Cl)ccc1C. The molecule has 4 heteroatoms. The molecular formula is C16H22ClN3. The predicted octanol–water partition coefficient (Wildman–Crippen LogP) is 3.95. The van der Waals surface area contributed by atoms with Gasteiger partial charge < -0.3 is 9.88 Å². The molecule has 0 saturated carbocycles. The molecule has 0 spiro atoms. The lowest BCUT2D eigenvalue weighted by Gasteiger charge is -2.21. The molecule has 0 saturated heterocycles. The Balaban J connectivity index is 2.44. The van der Waals surface area contributed by atoms with Crippen molar-refractivity contribution in [1.82, 2.24) is 14.9 Å². The number of hydrogen-bond acceptors (Lipinski definition) is 2. The van der Waals surface area contributed by atoms with Crippen LogP contribution in [-0.2, 0) is 6.54 Å². The Morgan fingerprint density at radius 2 is 2.15 bits per heavy atom. The van der Waals surface area contributed by atoms with Crippen LogP contribution in [0.1, 0.15) is 43.3 Å². The van der Waals surface area contributed by atoms with Crippen molar-refractivity contribution in [2.45, 2.75) is 39.8 Å². The Bertz CT molecular complexity index is 563. The zero-order valence-electron chi connectivity index (χ0n) is 12.4. The summed E-state index contributed by atoms with van der Waals surface area (Å²) in [6.45, 7) is 8.27. The molecular weight excluding hydrogens is 270 g/mol. The number of nitrogens with zero attached hydrogens (tertiary/aromatic N) is 2. The van der Waals surface area contributed by atoms with Crippen LogP contribution in [0.5, 0.6) is 0 Å². The third kappa shape index (κ3) is 3.22. The molecule has 0 aliphatic heterocycles. The maximum absolute atomic E-state index is 6.17. The van der Waals surface area contributed by atoms with Gasteiger partial charge in [-0.05, 0) is 43.1 Å². The molecule has 1 atom stereocenters. The fourth-order valence-corrected chi connectivity index (χ4v) is 2.66. The molecule has 0 amide bonds. The maximum Gasteiger partial charge on any atom is 0.130 e. The lowest BCUT2D eigenvalue weighted by molar-refractivity contribution is 0.542. The monoisotopic (exact) mass is 291 g/mol. The largest absolute Gasteiger partial charge is 0.333 e. The van der Waals surface area contributed by atoms with E-state index in [1.807, 2.05) is 24.5 Å². The van der Waals surface area contributed by atoms with Crippen molar-refractivity contribution in [2.75, 3.05) is 6.54 Å². The van der Waals surface area contributed by atoms with E-state index in [1.165, 1.54) is 11.1 Å². The summed E-state index contributed by atoms with van der Waals surface area (Å²) in [6, 6.07) is 6.12.